The fourth-order valence-electron chi connectivity index (χ4n) is 3.37. The van der Waals surface area contributed by atoms with Crippen molar-refractivity contribution < 1.29 is 9.53 Å². The van der Waals surface area contributed by atoms with E-state index >= 15 is 0 Å². The fraction of sp³-hybridized carbons (Fsp3) is 0.0833. The van der Waals surface area contributed by atoms with Gasteiger partial charge < -0.3 is 14.6 Å². The van der Waals surface area contributed by atoms with Crippen LogP contribution in [0.1, 0.15) is 5.56 Å². The van der Waals surface area contributed by atoms with Crippen molar-refractivity contribution in [1.29, 1.82) is 0 Å². The van der Waals surface area contributed by atoms with E-state index in [1.54, 1.807) is 60.3 Å². The molecule has 1 N–H and O–H groups in total. The summed E-state index contributed by atoms with van der Waals surface area (Å²) in [6.45, 7) is 0. The van der Waals surface area contributed by atoms with E-state index in [1.807, 2.05) is 36.0 Å². The number of carbonyl (C=O) groups is 1. The van der Waals surface area contributed by atoms with Crippen LogP contribution in [0.15, 0.2) is 73.3 Å². The highest BCUT2D eigenvalue weighted by Crippen LogP contribution is 2.39. The van der Waals surface area contributed by atoms with Gasteiger partial charge in [0, 0.05) is 42.9 Å². The Morgan fingerprint density at radius 2 is 2.00 bits per heavy atom. The number of hydrogen-bond acceptors (Lipinski definition) is 6. The van der Waals surface area contributed by atoms with Crippen molar-refractivity contribution in [3.05, 3.63) is 83.9 Å². The van der Waals surface area contributed by atoms with Crippen LogP contribution in [0.2, 0.25) is 5.02 Å². The Hall–Kier alpha value is -3.75. The summed E-state index contributed by atoms with van der Waals surface area (Å²) in [6, 6.07) is 14.5. The summed E-state index contributed by atoms with van der Waals surface area (Å²) in [5, 5.41) is 3.21. The lowest BCUT2D eigenvalue weighted by molar-refractivity contribution is -0.115. The van der Waals surface area contributed by atoms with Gasteiger partial charge in [0.2, 0.25) is 5.91 Å². The number of aromatic nitrogens is 4. The van der Waals surface area contributed by atoms with Gasteiger partial charge in [-0.3, -0.25) is 9.78 Å². The lowest BCUT2D eigenvalue weighted by Crippen LogP contribution is -2.15. The minimum absolute atomic E-state index is 0.132. The van der Waals surface area contributed by atoms with Crippen LogP contribution in [-0.2, 0) is 18.3 Å². The molecule has 0 spiro atoms. The van der Waals surface area contributed by atoms with Gasteiger partial charge in [-0.15, -0.1) is 11.3 Å². The Bertz CT molecular complexity index is 1450. The molecule has 7 nitrogen and oxygen atoms in total. The summed E-state index contributed by atoms with van der Waals surface area (Å²) in [6.07, 6.45) is 7.14. The van der Waals surface area contributed by atoms with Crippen molar-refractivity contribution in [2.45, 2.75) is 6.42 Å². The van der Waals surface area contributed by atoms with Crippen LogP contribution in [0.25, 0.3) is 20.9 Å². The molecule has 0 unspecified atom stereocenters. The molecule has 1 amide bonds. The van der Waals surface area contributed by atoms with E-state index in [1.165, 1.54) is 0 Å². The first kappa shape index (κ1) is 21.1. The van der Waals surface area contributed by atoms with Gasteiger partial charge in [-0.25, -0.2) is 9.97 Å². The van der Waals surface area contributed by atoms with E-state index in [9.17, 15) is 4.79 Å². The van der Waals surface area contributed by atoms with Gasteiger partial charge in [0.15, 0.2) is 0 Å². The van der Waals surface area contributed by atoms with Crippen molar-refractivity contribution in [3.8, 4) is 22.2 Å². The first-order valence-electron chi connectivity index (χ1n) is 10.1. The predicted octanol–water partition coefficient (Wildman–Crippen LogP) is 5.72. The Labute approximate surface area is 198 Å². The largest absolute Gasteiger partial charge is 0.456 e. The summed E-state index contributed by atoms with van der Waals surface area (Å²) in [5.74, 6) is 2.44. The molecule has 0 bridgehead atoms. The SMILES string of the molecule is Cn1ccnc1-c1cc2nccc(Oc3ccc(CC(=O)Nc4ccccn4)c(Cl)c3)c2s1. The summed E-state index contributed by atoms with van der Waals surface area (Å²) < 4.78 is 9.02. The third-order valence-electron chi connectivity index (χ3n) is 4.95. The van der Waals surface area contributed by atoms with Crippen LogP contribution in [0, 0.1) is 0 Å². The van der Waals surface area contributed by atoms with Gasteiger partial charge in [-0.2, -0.15) is 0 Å². The Morgan fingerprint density at radius 1 is 1.09 bits per heavy atom. The van der Waals surface area contributed by atoms with E-state index in [0.29, 0.717) is 27.9 Å². The lowest BCUT2D eigenvalue weighted by atomic mass is 10.1. The number of hydrogen-bond donors (Lipinski definition) is 1. The second-order valence-corrected chi connectivity index (χ2v) is 8.75. The van der Waals surface area contributed by atoms with Crippen molar-refractivity contribution in [2.75, 3.05) is 5.32 Å². The van der Waals surface area contributed by atoms with Crippen molar-refractivity contribution in [3.63, 3.8) is 0 Å². The highest BCUT2D eigenvalue weighted by atomic mass is 35.5. The van der Waals surface area contributed by atoms with Crippen LogP contribution in [0.4, 0.5) is 5.82 Å². The second kappa shape index (κ2) is 9.01. The quantitative estimate of drug-likeness (QED) is 0.339. The van der Waals surface area contributed by atoms with Crippen molar-refractivity contribution in [2.24, 2.45) is 7.05 Å². The van der Waals surface area contributed by atoms with Gasteiger partial charge in [0.25, 0.3) is 0 Å². The molecule has 5 rings (SSSR count). The number of nitrogens with zero attached hydrogens (tertiary/aromatic N) is 4. The van der Waals surface area contributed by atoms with Gasteiger partial charge in [-0.1, -0.05) is 23.7 Å². The van der Waals surface area contributed by atoms with Crippen molar-refractivity contribution in [1.82, 2.24) is 19.5 Å². The number of thiophene rings is 1. The van der Waals surface area contributed by atoms with Gasteiger partial charge in [0.1, 0.15) is 23.1 Å². The molecule has 164 valence electrons. The molecular weight excluding hydrogens is 458 g/mol. The Balaban J connectivity index is 1.34. The number of benzene rings is 1. The zero-order chi connectivity index (χ0) is 22.8. The number of aryl methyl sites for hydroxylation is 1. The molecule has 0 aliphatic carbocycles. The van der Waals surface area contributed by atoms with Gasteiger partial charge in [0.05, 0.1) is 21.5 Å². The average Bonchev–Trinajstić information content (AvgIpc) is 3.43. The summed E-state index contributed by atoms with van der Waals surface area (Å²) in [5.41, 5.74) is 1.54. The minimum Gasteiger partial charge on any atom is -0.456 e. The van der Waals surface area contributed by atoms with Crippen molar-refractivity contribution >= 4 is 44.9 Å². The van der Waals surface area contributed by atoms with E-state index in [2.05, 4.69) is 20.3 Å². The molecule has 0 aliphatic heterocycles. The molecule has 0 radical (unpaired) electrons. The number of anilines is 1. The molecule has 33 heavy (non-hydrogen) atoms. The standard InChI is InChI=1S/C24H18ClN5O2S/c1-30-11-10-28-24(30)20-14-18-23(33-20)19(7-9-26-18)32-16-6-5-15(17(25)13-16)12-22(31)29-21-4-2-3-8-27-21/h2-11,13-14H,12H2,1H3,(H,27,29,31). The molecule has 4 aromatic heterocycles. The van der Waals surface area contributed by atoms with E-state index in [-0.39, 0.29) is 12.3 Å². The summed E-state index contributed by atoms with van der Waals surface area (Å²) in [4.78, 5) is 26.3. The third kappa shape index (κ3) is 4.57. The van der Waals surface area contributed by atoms with Crippen LogP contribution in [-0.4, -0.2) is 25.4 Å². The third-order valence-corrected chi connectivity index (χ3v) is 6.44. The van der Waals surface area contributed by atoms with E-state index in [4.69, 9.17) is 16.3 Å². The van der Waals surface area contributed by atoms with Crippen LogP contribution >= 0.6 is 22.9 Å². The predicted molar refractivity (Wildman–Crippen MR) is 130 cm³/mol. The number of fused-ring (bicyclic) bond motifs is 1. The maximum Gasteiger partial charge on any atom is 0.230 e. The number of halogens is 1. The summed E-state index contributed by atoms with van der Waals surface area (Å²) >= 11 is 8.02. The molecule has 0 saturated heterocycles. The van der Waals surface area contributed by atoms with Crippen LogP contribution in [0.5, 0.6) is 11.5 Å². The number of pyridine rings is 2. The zero-order valence-electron chi connectivity index (χ0n) is 17.5. The monoisotopic (exact) mass is 475 g/mol. The van der Waals surface area contributed by atoms with Crippen LogP contribution < -0.4 is 10.1 Å². The minimum atomic E-state index is -0.194. The molecule has 0 saturated carbocycles. The molecule has 5 aromatic rings. The normalized spacial score (nSPS) is 11.0. The maximum atomic E-state index is 12.3. The first-order valence-corrected chi connectivity index (χ1v) is 11.3. The number of carbonyl (C=O) groups excluding carboxylic acids is 1. The Kier molecular flexibility index (Phi) is 5.77. The first-order chi connectivity index (χ1) is 16.1. The number of imidazole rings is 1. The van der Waals surface area contributed by atoms with Gasteiger partial charge in [-0.05, 0) is 35.9 Å². The molecule has 0 aliphatic rings. The topological polar surface area (TPSA) is 81.9 Å². The smallest absolute Gasteiger partial charge is 0.230 e. The number of nitrogens with one attached hydrogen (secondary N) is 1. The average molecular weight is 476 g/mol. The summed E-state index contributed by atoms with van der Waals surface area (Å²) in [7, 11) is 1.96. The highest BCUT2D eigenvalue weighted by Gasteiger charge is 2.14. The number of rotatable bonds is 6. The Morgan fingerprint density at radius 3 is 2.76 bits per heavy atom. The number of ether oxygens (including phenoxy) is 1. The maximum absolute atomic E-state index is 12.3. The van der Waals surface area contributed by atoms with Crippen LogP contribution in [0.3, 0.4) is 0 Å². The zero-order valence-corrected chi connectivity index (χ0v) is 19.1. The molecule has 0 atom stereocenters. The molecule has 0 fully saturated rings. The molecular formula is C24H18ClN5O2S. The second-order valence-electron chi connectivity index (χ2n) is 7.29. The van der Waals surface area contributed by atoms with E-state index in [0.717, 1.165) is 20.9 Å². The lowest BCUT2D eigenvalue weighted by Gasteiger charge is -2.10. The highest BCUT2D eigenvalue weighted by molar-refractivity contribution is 7.22. The van der Waals surface area contributed by atoms with E-state index < -0.39 is 0 Å². The molecule has 9 heteroatoms. The molecule has 4 heterocycles. The van der Waals surface area contributed by atoms with Gasteiger partial charge >= 0.3 is 0 Å². The molecule has 1 aromatic carbocycles. The fourth-order valence-corrected chi connectivity index (χ4v) is 4.71. The number of amides is 1.